The molecule has 3 aromatic carbocycles. The molecule has 0 bridgehead atoms. The maximum Gasteiger partial charge on any atom is 0.325 e. The summed E-state index contributed by atoms with van der Waals surface area (Å²) in [6.45, 7) is 2.75. The second kappa shape index (κ2) is 8.79. The van der Waals surface area contributed by atoms with Crippen molar-refractivity contribution >= 4 is 44.3 Å². The number of amides is 4. The largest absolute Gasteiger partial charge is 0.325 e. The van der Waals surface area contributed by atoms with Crippen molar-refractivity contribution in [3.05, 3.63) is 71.8 Å². The van der Waals surface area contributed by atoms with Crippen LogP contribution in [0.3, 0.4) is 0 Å². The summed E-state index contributed by atoms with van der Waals surface area (Å²) in [5.41, 5.74) is 0.0603. The van der Waals surface area contributed by atoms with Gasteiger partial charge < -0.3 is 10.6 Å². The lowest BCUT2D eigenvalue weighted by atomic mass is 9.88. The van der Waals surface area contributed by atoms with Crippen molar-refractivity contribution in [3.63, 3.8) is 0 Å². The number of carbonyl (C=O) groups is 3. The lowest BCUT2D eigenvalue weighted by molar-refractivity contribution is -0.133. The molecule has 1 unspecified atom stereocenters. The van der Waals surface area contributed by atoms with Gasteiger partial charge in [0.05, 0.1) is 4.90 Å². The van der Waals surface area contributed by atoms with E-state index in [-0.39, 0.29) is 10.6 Å². The summed E-state index contributed by atoms with van der Waals surface area (Å²) in [5.74, 6) is -1.18. The number of anilines is 1. The Labute approximate surface area is 203 Å². The van der Waals surface area contributed by atoms with E-state index in [2.05, 4.69) is 10.6 Å². The number of carbonyl (C=O) groups excluding carboxylic acids is 3. The van der Waals surface area contributed by atoms with Crippen molar-refractivity contribution in [1.82, 2.24) is 14.5 Å². The molecule has 35 heavy (non-hydrogen) atoms. The van der Waals surface area contributed by atoms with E-state index in [1.165, 1.54) is 20.2 Å². The molecule has 3 aromatic rings. The molecule has 1 saturated heterocycles. The minimum Gasteiger partial charge on any atom is -0.324 e. The molecule has 1 atom stereocenters. The zero-order valence-electron chi connectivity index (χ0n) is 19.8. The van der Waals surface area contributed by atoms with Gasteiger partial charge in [0.2, 0.25) is 15.9 Å². The number of rotatable bonds is 6. The van der Waals surface area contributed by atoms with Gasteiger partial charge in [-0.25, -0.2) is 17.5 Å². The van der Waals surface area contributed by atoms with Gasteiger partial charge in [-0.2, -0.15) is 0 Å². The smallest absolute Gasteiger partial charge is 0.324 e. The summed E-state index contributed by atoms with van der Waals surface area (Å²) in [6.07, 6.45) is 0. The van der Waals surface area contributed by atoms with Gasteiger partial charge in [-0.1, -0.05) is 48.5 Å². The summed E-state index contributed by atoms with van der Waals surface area (Å²) in [4.78, 5) is 39.8. The minimum atomic E-state index is -3.72. The van der Waals surface area contributed by atoms with Crippen LogP contribution < -0.4 is 10.6 Å². The molecule has 10 heteroatoms. The second-order valence-electron chi connectivity index (χ2n) is 8.79. The number of benzene rings is 3. The molecule has 0 saturated carbocycles. The average Bonchev–Trinajstić information content (AvgIpc) is 3.03. The van der Waals surface area contributed by atoms with E-state index in [0.717, 1.165) is 20.0 Å². The molecule has 0 aliphatic carbocycles. The summed E-state index contributed by atoms with van der Waals surface area (Å²) in [6, 6.07) is 16.9. The fourth-order valence-electron chi connectivity index (χ4n) is 4.18. The lowest BCUT2D eigenvalue weighted by Crippen LogP contribution is -2.42. The number of imide groups is 1. The Morgan fingerprint density at radius 2 is 1.74 bits per heavy atom. The van der Waals surface area contributed by atoms with Gasteiger partial charge in [0.1, 0.15) is 12.1 Å². The first kappa shape index (κ1) is 24.4. The predicted molar refractivity (Wildman–Crippen MR) is 132 cm³/mol. The number of hydrogen-bond donors (Lipinski definition) is 2. The third kappa shape index (κ3) is 4.26. The molecule has 1 aliphatic rings. The van der Waals surface area contributed by atoms with Gasteiger partial charge in [-0.3, -0.25) is 14.5 Å². The van der Waals surface area contributed by atoms with Gasteiger partial charge in [0.15, 0.2) is 0 Å². The Kier molecular flexibility index (Phi) is 6.12. The van der Waals surface area contributed by atoms with Crippen molar-refractivity contribution in [2.24, 2.45) is 0 Å². The fourth-order valence-corrected chi connectivity index (χ4v) is 5.33. The third-order valence-electron chi connectivity index (χ3n) is 6.14. The van der Waals surface area contributed by atoms with Gasteiger partial charge in [-0.05, 0) is 47.9 Å². The fraction of sp³-hybridized carbons (Fsp3) is 0.240. The van der Waals surface area contributed by atoms with Crippen LogP contribution in [0.25, 0.3) is 10.8 Å². The molecule has 1 heterocycles. The van der Waals surface area contributed by atoms with Crippen LogP contribution >= 0.6 is 0 Å². The number of sulfonamides is 1. The summed E-state index contributed by atoms with van der Waals surface area (Å²) in [5, 5.41) is 7.07. The number of nitrogens with zero attached hydrogens (tertiary/aromatic N) is 2. The maximum absolute atomic E-state index is 13.4. The molecule has 0 radical (unpaired) electrons. The predicted octanol–water partition coefficient (Wildman–Crippen LogP) is 2.80. The minimum absolute atomic E-state index is 0.0545. The first-order valence-corrected chi connectivity index (χ1v) is 12.3. The molecule has 182 valence electrons. The van der Waals surface area contributed by atoms with Crippen LogP contribution in [0.15, 0.2) is 65.6 Å². The number of nitrogens with one attached hydrogen (secondary N) is 2. The maximum atomic E-state index is 13.4. The van der Waals surface area contributed by atoms with Gasteiger partial charge in [0.25, 0.3) is 5.91 Å². The molecular formula is C25H26N4O5S. The highest BCUT2D eigenvalue weighted by atomic mass is 32.2. The standard InChI is InChI=1S/C25H26N4O5S/c1-16-12-13-18(14-21(16)35(33,34)28(3)4)26-22(30)15-29-23(31)25(2,27-24(29)32)20-11-7-9-17-8-5-6-10-19(17)20/h5-14H,15H2,1-4H3,(H,26,30)(H,27,32). The highest BCUT2D eigenvalue weighted by molar-refractivity contribution is 7.89. The van der Waals surface area contributed by atoms with Crippen molar-refractivity contribution in [3.8, 4) is 0 Å². The van der Waals surface area contributed by atoms with Crippen LogP contribution in [-0.2, 0) is 25.2 Å². The van der Waals surface area contributed by atoms with Gasteiger partial charge >= 0.3 is 6.03 Å². The Hall–Kier alpha value is -3.76. The van der Waals surface area contributed by atoms with E-state index in [1.807, 2.05) is 36.4 Å². The Morgan fingerprint density at radius 3 is 2.46 bits per heavy atom. The zero-order valence-corrected chi connectivity index (χ0v) is 20.6. The van der Waals surface area contributed by atoms with Gasteiger partial charge in [-0.15, -0.1) is 0 Å². The molecule has 2 N–H and O–H groups in total. The molecular weight excluding hydrogens is 468 g/mol. The highest BCUT2D eigenvalue weighted by Gasteiger charge is 2.50. The van der Waals surface area contributed by atoms with Crippen molar-refractivity contribution in [2.75, 3.05) is 26.0 Å². The first-order valence-electron chi connectivity index (χ1n) is 10.9. The van der Waals surface area contributed by atoms with Crippen LogP contribution in [0.5, 0.6) is 0 Å². The van der Waals surface area contributed by atoms with E-state index in [0.29, 0.717) is 11.1 Å². The van der Waals surface area contributed by atoms with E-state index in [1.54, 1.807) is 32.0 Å². The molecule has 1 aliphatic heterocycles. The average molecular weight is 495 g/mol. The van der Waals surface area contributed by atoms with Crippen LogP contribution in [0, 0.1) is 6.92 Å². The lowest BCUT2D eigenvalue weighted by Gasteiger charge is -2.24. The monoisotopic (exact) mass is 494 g/mol. The van der Waals surface area contributed by atoms with E-state index in [9.17, 15) is 22.8 Å². The number of hydrogen-bond acceptors (Lipinski definition) is 5. The van der Waals surface area contributed by atoms with Crippen LogP contribution in [0.4, 0.5) is 10.5 Å². The Morgan fingerprint density at radius 1 is 1.06 bits per heavy atom. The first-order chi connectivity index (χ1) is 16.4. The molecule has 0 aromatic heterocycles. The second-order valence-corrected chi connectivity index (χ2v) is 10.9. The van der Waals surface area contributed by atoms with Crippen molar-refractivity contribution in [1.29, 1.82) is 0 Å². The van der Waals surface area contributed by atoms with Crippen LogP contribution in [0.1, 0.15) is 18.1 Å². The quantitative estimate of drug-likeness (QED) is 0.511. The molecule has 9 nitrogen and oxygen atoms in total. The zero-order chi connectivity index (χ0) is 25.5. The number of fused-ring (bicyclic) bond motifs is 1. The van der Waals surface area contributed by atoms with Crippen LogP contribution in [-0.4, -0.2) is 56.1 Å². The SMILES string of the molecule is Cc1ccc(NC(=O)CN2C(=O)NC(C)(c3cccc4ccccc34)C2=O)cc1S(=O)(=O)N(C)C. The molecule has 4 rings (SSSR count). The highest BCUT2D eigenvalue weighted by Crippen LogP contribution is 2.34. The Bertz CT molecular complexity index is 1460. The van der Waals surface area contributed by atoms with E-state index in [4.69, 9.17) is 0 Å². The molecule has 0 spiro atoms. The van der Waals surface area contributed by atoms with Crippen molar-refractivity contribution < 1.29 is 22.8 Å². The number of aryl methyl sites for hydroxylation is 1. The normalized spacial score (nSPS) is 18.3. The summed E-state index contributed by atoms with van der Waals surface area (Å²) >= 11 is 0. The molecule has 4 amide bonds. The van der Waals surface area contributed by atoms with Gasteiger partial charge in [0, 0.05) is 19.8 Å². The van der Waals surface area contributed by atoms with E-state index < -0.39 is 40.0 Å². The van der Waals surface area contributed by atoms with E-state index >= 15 is 0 Å². The molecule has 1 fully saturated rings. The van der Waals surface area contributed by atoms with Crippen molar-refractivity contribution in [2.45, 2.75) is 24.3 Å². The number of urea groups is 1. The third-order valence-corrected chi connectivity index (χ3v) is 8.09. The Balaban J connectivity index is 1.56. The summed E-state index contributed by atoms with van der Waals surface area (Å²) in [7, 11) is -0.874. The van der Waals surface area contributed by atoms with Crippen LogP contribution in [0.2, 0.25) is 0 Å². The summed E-state index contributed by atoms with van der Waals surface area (Å²) < 4.78 is 26.2. The topological polar surface area (TPSA) is 116 Å².